The highest BCUT2D eigenvalue weighted by Crippen LogP contribution is 2.41. The zero-order valence-electron chi connectivity index (χ0n) is 40.3. The first kappa shape index (κ1) is 50.4. The van der Waals surface area contributed by atoms with Crippen molar-refractivity contribution in [3.63, 3.8) is 0 Å². The van der Waals surface area contributed by atoms with Gasteiger partial charge in [0.05, 0.1) is 17.3 Å². The van der Waals surface area contributed by atoms with E-state index in [1.165, 1.54) is 11.0 Å². The summed E-state index contributed by atoms with van der Waals surface area (Å²) < 4.78 is 12.4. The lowest BCUT2D eigenvalue weighted by Crippen LogP contribution is -2.47. The molecule has 3 amide bonds. The lowest BCUT2D eigenvalue weighted by molar-refractivity contribution is -0.121. The van der Waals surface area contributed by atoms with Crippen molar-refractivity contribution in [2.45, 2.75) is 141 Å². The molecule has 0 saturated heterocycles. The van der Waals surface area contributed by atoms with Crippen LogP contribution in [0.15, 0.2) is 102 Å². The topological polar surface area (TPSA) is 182 Å². The number of phenols is 1. The van der Waals surface area contributed by atoms with Crippen LogP contribution in [0.1, 0.15) is 108 Å². The molecule has 1 heterocycles. The van der Waals surface area contributed by atoms with Crippen LogP contribution in [0, 0.1) is 0 Å². The molecule has 0 radical (unpaired) electrons. The van der Waals surface area contributed by atoms with E-state index in [4.69, 9.17) is 9.16 Å². The Morgan fingerprint density at radius 1 is 0.836 bits per heavy atom. The number of aromatic amines is 1. The molecule has 0 unspecified atom stereocenters. The van der Waals surface area contributed by atoms with Crippen molar-refractivity contribution in [1.29, 1.82) is 0 Å². The number of hydrogen-bond donors (Lipinski definition) is 6. The summed E-state index contributed by atoms with van der Waals surface area (Å²) in [7, 11) is -2.23. The number of H-pyrrole nitrogens is 1. The second-order valence-electron chi connectivity index (χ2n) is 20.3. The minimum atomic E-state index is -2.23. The van der Waals surface area contributed by atoms with Gasteiger partial charge in [-0.15, -0.1) is 0 Å². The van der Waals surface area contributed by atoms with E-state index >= 15 is 0 Å². The number of ether oxygens (including phenoxy) is 1. The number of pyridine rings is 1. The maximum atomic E-state index is 13.1. The van der Waals surface area contributed by atoms with Gasteiger partial charge in [0.1, 0.15) is 11.4 Å². The molecule has 0 spiro atoms. The molecular weight excluding hydrogens is 863 g/mol. The molecule has 0 aliphatic heterocycles. The van der Waals surface area contributed by atoms with Gasteiger partial charge in [0, 0.05) is 55.2 Å². The van der Waals surface area contributed by atoms with Gasteiger partial charge in [0.15, 0.2) is 8.32 Å². The number of aromatic nitrogens is 1. The highest BCUT2D eigenvalue weighted by Gasteiger charge is 2.40. The average molecular weight is 932 g/mol. The normalized spacial score (nSPS) is 16.0. The summed E-state index contributed by atoms with van der Waals surface area (Å²) in [5.74, 6) is -0.0468. The first-order valence-corrected chi connectivity index (χ1v) is 26.4. The number of hydrogen-bond acceptors (Lipinski definition) is 8. The van der Waals surface area contributed by atoms with Crippen molar-refractivity contribution >= 4 is 43.0 Å². The van der Waals surface area contributed by atoms with E-state index < -0.39 is 26.1 Å². The zero-order chi connectivity index (χ0) is 48.5. The predicted molar refractivity (Wildman–Crippen MR) is 268 cm³/mol. The summed E-state index contributed by atoms with van der Waals surface area (Å²) >= 11 is 0. The van der Waals surface area contributed by atoms with E-state index in [1.54, 1.807) is 12.1 Å². The van der Waals surface area contributed by atoms with E-state index in [9.17, 15) is 29.4 Å². The SMILES string of the molecule is CC(C)(C)OC(=O)NC1CCC(N(C(=O)O)c2cc(CCCC(=O)NCc3ccc(CNC[C@@H](O[Si](C)(C)C(C)(C)C)c4ccc(O)c5[nH]c(=O)ccc45)cc3)ccc2-c2ccccc2)CC1. The van der Waals surface area contributed by atoms with Crippen molar-refractivity contribution in [1.82, 2.24) is 20.9 Å². The number of alkyl carbamates (subject to hydrolysis) is 1. The number of amides is 3. The third-order valence-corrected chi connectivity index (χ3v) is 17.4. The summed E-state index contributed by atoms with van der Waals surface area (Å²) in [5.41, 5.74) is 5.75. The standard InChI is InChI=1S/C53H69N5O8Si/c1-52(2,3)65-50(62)56-39-22-24-40(25-23-39)58(51(63)64)44-31-35(21-26-41(44)38-14-10-9-11-15-38)13-12-16-47(60)55-33-37-19-17-36(18-20-37)32-54-34-46(66-67(7,8)53(4,5)6)42-27-29-45(59)49-43(42)28-30-48(61)57-49/h9-11,14-15,17-21,26-31,39-40,46,54,59H,12-13,16,22-25,32-34H2,1-8H3,(H,55,60)(H,56,62)(H,57,61)(H,63,64)/t39?,40?,46-/m1/s1. The highest BCUT2D eigenvalue weighted by molar-refractivity contribution is 6.74. The number of rotatable bonds is 17. The van der Waals surface area contributed by atoms with Gasteiger partial charge in [0.2, 0.25) is 11.5 Å². The van der Waals surface area contributed by atoms with E-state index in [-0.39, 0.29) is 40.4 Å². The van der Waals surface area contributed by atoms with Crippen molar-refractivity contribution < 1.29 is 33.8 Å². The number of carboxylic acid groups (broad SMARTS) is 1. The Balaban J connectivity index is 1.03. The van der Waals surface area contributed by atoms with Gasteiger partial charge in [-0.2, -0.15) is 0 Å². The predicted octanol–water partition coefficient (Wildman–Crippen LogP) is 10.7. The quantitative estimate of drug-likeness (QED) is 0.0494. The van der Waals surface area contributed by atoms with Gasteiger partial charge in [-0.05, 0) is 123 Å². The second kappa shape index (κ2) is 21.8. The Kier molecular flexibility index (Phi) is 16.4. The van der Waals surface area contributed by atoms with Crippen molar-refractivity contribution in [2.75, 3.05) is 11.4 Å². The van der Waals surface area contributed by atoms with Crippen molar-refractivity contribution in [3.8, 4) is 16.9 Å². The van der Waals surface area contributed by atoms with Gasteiger partial charge >= 0.3 is 12.2 Å². The summed E-state index contributed by atoms with van der Waals surface area (Å²) in [6, 6.07) is 30.2. The maximum absolute atomic E-state index is 13.1. The lowest BCUT2D eigenvalue weighted by Gasteiger charge is -2.39. The summed E-state index contributed by atoms with van der Waals surface area (Å²) in [6.45, 7) is 18.0. The fourth-order valence-electron chi connectivity index (χ4n) is 8.35. The number of carbonyl (C=O) groups excluding carboxylic acids is 2. The second-order valence-corrected chi connectivity index (χ2v) is 25.0. The Labute approximate surface area is 395 Å². The maximum Gasteiger partial charge on any atom is 0.412 e. The lowest BCUT2D eigenvalue weighted by atomic mass is 9.89. The third-order valence-electron chi connectivity index (χ3n) is 12.9. The molecule has 1 aliphatic rings. The number of fused-ring (bicyclic) bond motifs is 1. The number of nitrogens with one attached hydrogen (secondary N) is 4. The van der Waals surface area contributed by atoms with Crippen LogP contribution in [0.2, 0.25) is 18.1 Å². The molecule has 1 atom stereocenters. The van der Waals surface area contributed by atoms with Gasteiger partial charge in [-0.1, -0.05) is 93.6 Å². The number of benzene rings is 4. The van der Waals surface area contributed by atoms with Crippen LogP contribution >= 0.6 is 0 Å². The number of aryl methyl sites for hydroxylation is 1. The van der Waals surface area contributed by atoms with Gasteiger partial charge in [-0.3, -0.25) is 14.5 Å². The molecule has 5 aromatic rings. The average Bonchev–Trinajstić information content (AvgIpc) is 3.26. The van der Waals surface area contributed by atoms with Crippen LogP contribution in [0.25, 0.3) is 22.0 Å². The molecule has 6 N–H and O–H groups in total. The number of phenolic OH excluding ortho intramolecular Hbond substituents is 1. The number of nitrogens with zero attached hydrogens (tertiary/aromatic N) is 1. The smallest absolute Gasteiger partial charge is 0.412 e. The largest absolute Gasteiger partial charge is 0.506 e. The molecule has 6 rings (SSSR count). The first-order valence-electron chi connectivity index (χ1n) is 23.5. The Hall–Kier alpha value is -5.96. The Morgan fingerprint density at radius 2 is 1.49 bits per heavy atom. The van der Waals surface area contributed by atoms with Crippen LogP contribution in [-0.4, -0.2) is 65.8 Å². The number of carbonyl (C=O) groups is 3. The van der Waals surface area contributed by atoms with E-state index in [2.05, 4.69) is 54.8 Å². The van der Waals surface area contributed by atoms with E-state index in [0.717, 1.165) is 38.8 Å². The fraction of sp³-hybridized carbons (Fsp3) is 0.434. The molecule has 13 nitrogen and oxygen atoms in total. The molecule has 1 saturated carbocycles. The number of aromatic hydroxyl groups is 1. The van der Waals surface area contributed by atoms with Crippen LogP contribution in [-0.2, 0) is 33.5 Å². The molecule has 67 heavy (non-hydrogen) atoms. The molecule has 358 valence electrons. The molecule has 1 fully saturated rings. The number of anilines is 1. The van der Waals surface area contributed by atoms with Crippen LogP contribution in [0.4, 0.5) is 15.3 Å². The fourth-order valence-corrected chi connectivity index (χ4v) is 9.63. The van der Waals surface area contributed by atoms with Crippen LogP contribution in [0.5, 0.6) is 5.75 Å². The highest BCUT2D eigenvalue weighted by atomic mass is 28.4. The molecular formula is C53H69N5O8Si. The Morgan fingerprint density at radius 3 is 2.13 bits per heavy atom. The summed E-state index contributed by atoms with van der Waals surface area (Å²) in [4.78, 5) is 54.9. The van der Waals surface area contributed by atoms with E-state index in [0.29, 0.717) is 75.8 Å². The monoisotopic (exact) mass is 931 g/mol. The molecule has 1 aromatic heterocycles. The first-order chi connectivity index (χ1) is 31.7. The molecule has 1 aliphatic carbocycles. The minimum Gasteiger partial charge on any atom is -0.506 e. The third kappa shape index (κ3) is 13.8. The van der Waals surface area contributed by atoms with E-state index in [1.807, 2.05) is 99.6 Å². The van der Waals surface area contributed by atoms with Gasteiger partial charge in [0.25, 0.3) is 0 Å². The molecule has 0 bridgehead atoms. The molecule has 14 heteroatoms. The summed E-state index contributed by atoms with van der Waals surface area (Å²) in [6.07, 6.45) is 2.13. The van der Waals surface area contributed by atoms with Crippen LogP contribution in [0.3, 0.4) is 0 Å². The van der Waals surface area contributed by atoms with Crippen molar-refractivity contribution in [3.05, 3.63) is 130 Å². The Bertz CT molecular complexity index is 2540. The van der Waals surface area contributed by atoms with Crippen LogP contribution < -0.4 is 26.4 Å². The van der Waals surface area contributed by atoms with Gasteiger partial charge in [-0.25, -0.2) is 9.59 Å². The van der Waals surface area contributed by atoms with Gasteiger partial charge < -0.3 is 40.3 Å². The molecule has 4 aromatic carbocycles. The minimum absolute atomic E-state index is 0.0139. The summed E-state index contributed by atoms with van der Waals surface area (Å²) in [5, 5.41) is 31.5. The van der Waals surface area contributed by atoms with Crippen molar-refractivity contribution in [2.24, 2.45) is 0 Å². The zero-order valence-corrected chi connectivity index (χ0v) is 41.3.